The molecule has 0 saturated carbocycles. The molecule has 1 aromatic heterocycles. The fourth-order valence-electron chi connectivity index (χ4n) is 3.62. The van der Waals surface area contributed by atoms with E-state index in [0.717, 1.165) is 5.56 Å². The number of sulfone groups is 1. The second-order valence-corrected chi connectivity index (χ2v) is 9.47. The van der Waals surface area contributed by atoms with E-state index in [2.05, 4.69) is 10.3 Å². The molecule has 0 unspecified atom stereocenters. The average molecular weight is 481 g/mol. The van der Waals surface area contributed by atoms with E-state index in [1.807, 2.05) is 30.3 Å². The van der Waals surface area contributed by atoms with Crippen LogP contribution >= 0.6 is 0 Å². The molecule has 0 radical (unpaired) electrons. The molecule has 174 valence electrons. The number of benzene rings is 3. The van der Waals surface area contributed by atoms with Gasteiger partial charge in [-0.15, -0.1) is 0 Å². The molecule has 5 rings (SSSR count). The number of anilines is 1. The molecule has 0 aliphatic carbocycles. The van der Waals surface area contributed by atoms with Crippen LogP contribution in [0.15, 0.2) is 87.1 Å². The summed E-state index contributed by atoms with van der Waals surface area (Å²) in [6, 6.07) is 20.0. The molecule has 4 aromatic rings. The Morgan fingerprint density at radius 1 is 0.912 bits per heavy atom. The Labute approximate surface area is 196 Å². The Morgan fingerprint density at radius 3 is 2.44 bits per heavy atom. The molecule has 7 nitrogen and oxygen atoms in total. The highest BCUT2D eigenvalue weighted by molar-refractivity contribution is 7.91. The van der Waals surface area contributed by atoms with Gasteiger partial charge in [-0.3, -0.25) is 0 Å². The van der Waals surface area contributed by atoms with Gasteiger partial charge in [-0.2, -0.15) is 4.98 Å². The third-order valence-electron chi connectivity index (χ3n) is 5.32. The molecule has 0 atom stereocenters. The maximum absolute atomic E-state index is 14.4. The van der Waals surface area contributed by atoms with Gasteiger partial charge >= 0.3 is 0 Å². The van der Waals surface area contributed by atoms with Crippen LogP contribution in [-0.2, 0) is 16.3 Å². The molecule has 1 aliphatic heterocycles. The van der Waals surface area contributed by atoms with E-state index in [0.29, 0.717) is 37.7 Å². The summed E-state index contributed by atoms with van der Waals surface area (Å²) in [6.45, 7) is 1.10. The zero-order chi connectivity index (χ0) is 23.5. The first-order valence-electron chi connectivity index (χ1n) is 10.7. The quantitative estimate of drug-likeness (QED) is 0.409. The third-order valence-corrected chi connectivity index (χ3v) is 6.98. The molecule has 3 aromatic carbocycles. The van der Waals surface area contributed by atoms with Crippen LogP contribution in [0.2, 0.25) is 0 Å². The van der Waals surface area contributed by atoms with E-state index in [1.54, 1.807) is 12.1 Å². The maximum atomic E-state index is 14.4. The van der Waals surface area contributed by atoms with Gasteiger partial charge < -0.3 is 19.2 Å². The lowest BCUT2D eigenvalue weighted by molar-refractivity contribution is 0.171. The number of nitrogens with one attached hydrogen (secondary N) is 1. The first-order valence-corrected chi connectivity index (χ1v) is 12.2. The van der Waals surface area contributed by atoms with Gasteiger partial charge in [-0.1, -0.05) is 42.5 Å². The topological polar surface area (TPSA) is 90.7 Å². The molecule has 1 N–H and O–H groups in total. The van der Waals surface area contributed by atoms with Crippen LogP contribution in [0.25, 0.3) is 11.5 Å². The lowest BCUT2D eigenvalue weighted by Crippen LogP contribution is -2.16. The van der Waals surface area contributed by atoms with Gasteiger partial charge in [0, 0.05) is 12.6 Å². The molecule has 0 bridgehead atoms. The van der Waals surface area contributed by atoms with Crippen molar-refractivity contribution in [2.45, 2.75) is 16.3 Å². The van der Waals surface area contributed by atoms with Crippen molar-refractivity contribution in [1.29, 1.82) is 0 Å². The molecule has 34 heavy (non-hydrogen) atoms. The number of halogens is 1. The summed E-state index contributed by atoms with van der Waals surface area (Å²) >= 11 is 0. The van der Waals surface area contributed by atoms with E-state index < -0.39 is 15.7 Å². The zero-order valence-corrected chi connectivity index (χ0v) is 18.8. The van der Waals surface area contributed by atoms with E-state index in [4.69, 9.17) is 13.9 Å². The van der Waals surface area contributed by atoms with Crippen molar-refractivity contribution in [3.63, 3.8) is 0 Å². The van der Waals surface area contributed by atoms with Crippen molar-refractivity contribution in [1.82, 2.24) is 4.98 Å². The highest BCUT2D eigenvalue weighted by Crippen LogP contribution is 2.37. The summed E-state index contributed by atoms with van der Waals surface area (Å²) in [7, 11) is -4.12. The smallest absolute Gasteiger partial charge is 0.233 e. The van der Waals surface area contributed by atoms with Gasteiger partial charge in [0.2, 0.25) is 26.6 Å². The van der Waals surface area contributed by atoms with E-state index >= 15 is 0 Å². The van der Waals surface area contributed by atoms with Crippen LogP contribution in [0.5, 0.6) is 11.5 Å². The van der Waals surface area contributed by atoms with Crippen molar-refractivity contribution in [3.8, 4) is 23.0 Å². The number of rotatable bonds is 7. The Balaban J connectivity index is 1.52. The minimum absolute atomic E-state index is 0.0313. The van der Waals surface area contributed by atoms with Crippen molar-refractivity contribution in [2.75, 3.05) is 25.1 Å². The number of aromatic nitrogens is 1. The molecule has 1 aliphatic rings. The Hall–Kier alpha value is -3.85. The molecule has 0 amide bonds. The summed E-state index contributed by atoms with van der Waals surface area (Å²) in [5, 5.41) is 2.70. The van der Waals surface area contributed by atoms with Crippen LogP contribution in [-0.4, -0.2) is 33.2 Å². The molecular formula is C25H21FN2O5S. The largest absolute Gasteiger partial charge is 0.486 e. The second-order valence-electron chi connectivity index (χ2n) is 7.60. The van der Waals surface area contributed by atoms with Crippen LogP contribution < -0.4 is 14.8 Å². The summed E-state index contributed by atoms with van der Waals surface area (Å²) in [4.78, 5) is 4.17. The predicted octanol–water partition coefficient (Wildman–Crippen LogP) is 4.74. The Bertz CT molecular complexity index is 1420. The fraction of sp³-hybridized carbons (Fsp3) is 0.160. The van der Waals surface area contributed by atoms with Gasteiger partial charge in [-0.05, 0) is 36.2 Å². The van der Waals surface area contributed by atoms with Gasteiger partial charge in [0.1, 0.15) is 19.0 Å². The number of hydrogen-bond donors (Lipinski definition) is 1. The molecule has 0 fully saturated rings. The highest BCUT2D eigenvalue weighted by atomic mass is 32.2. The van der Waals surface area contributed by atoms with Crippen LogP contribution in [0.1, 0.15) is 5.56 Å². The van der Waals surface area contributed by atoms with Crippen LogP contribution in [0, 0.1) is 5.82 Å². The predicted molar refractivity (Wildman–Crippen MR) is 123 cm³/mol. The van der Waals surface area contributed by atoms with Crippen LogP contribution in [0.3, 0.4) is 0 Å². The monoisotopic (exact) mass is 480 g/mol. The van der Waals surface area contributed by atoms with Crippen LogP contribution in [0.4, 0.5) is 10.3 Å². The SMILES string of the molecule is O=S(=O)(c1ccc2c(c1)OCCO2)c1nc(-c2ccccc2F)oc1NCCc1ccccc1. The van der Waals surface area contributed by atoms with E-state index in [-0.39, 0.29) is 27.3 Å². The molecule has 9 heteroatoms. The summed E-state index contributed by atoms with van der Waals surface area (Å²) < 4.78 is 58.3. The maximum Gasteiger partial charge on any atom is 0.233 e. The van der Waals surface area contributed by atoms with Gasteiger partial charge in [0.05, 0.1) is 10.5 Å². The van der Waals surface area contributed by atoms with E-state index in [9.17, 15) is 12.8 Å². The summed E-state index contributed by atoms with van der Waals surface area (Å²) in [6.07, 6.45) is 0.625. The minimum atomic E-state index is -4.12. The summed E-state index contributed by atoms with van der Waals surface area (Å²) in [5.41, 5.74) is 1.14. The van der Waals surface area contributed by atoms with Gasteiger partial charge in [0.25, 0.3) is 0 Å². The van der Waals surface area contributed by atoms with Crippen molar-refractivity contribution < 1.29 is 26.7 Å². The highest BCUT2D eigenvalue weighted by Gasteiger charge is 2.30. The fourth-order valence-corrected chi connectivity index (χ4v) is 4.91. The Kier molecular flexibility index (Phi) is 5.93. The number of fused-ring (bicyclic) bond motifs is 1. The number of ether oxygens (including phenoxy) is 2. The number of hydrogen-bond acceptors (Lipinski definition) is 7. The average Bonchev–Trinajstić information content (AvgIpc) is 3.29. The standard InChI is InChI=1S/C25H21FN2O5S/c26-20-9-5-4-8-19(20)23-28-25(24(33-23)27-13-12-17-6-2-1-3-7-17)34(29,30)18-10-11-21-22(16-18)32-15-14-31-21/h1-11,16,27H,12-15H2. The lowest BCUT2D eigenvalue weighted by Gasteiger charge is -2.18. The number of nitrogens with zero attached hydrogens (tertiary/aromatic N) is 1. The molecule has 2 heterocycles. The van der Waals surface area contributed by atoms with Gasteiger partial charge in [-0.25, -0.2) is 12.8 Å². The lowest BCUT2D eigenvalue weighted by atomic mass is 10.1. The first kappa shape index (κ1) is 22.0. The van der Waals surface area contributed by atoms with Crippen molar-refractivity contribution >= 4 is 15.7 Å². The molecular weight excluding hydrogens is 459 g/mol. The van der Waals surface area contributed by atoms with Crippen molar-refractivity contribution in [3.05, 3.63) is 84.2 Å². The van der Waals surface area contributed by atoms with Gasteiger partial charge in [0.15, 0.2) is 11.5 Å². The first-order chi connectivity index (χ1) is 16.5. The zero-order valence-electron chi connectivity index (χ0n) is 18.0. The summed E-state index contributed by atoms with van der Waals surface area (Å²) in [5.74, 6) is 0.0608. The Morgan fingerprint density at radius 2 is 1.65 bits per heavy atom. The molecule has 0 spiro atoms. The third kappa shape index (κ3) is 4.34. The molecule has 0 saturated heterocycles. The normalized spacial score (nSPS) is 13.0. The van der Waals surface area contributed by atoms with E-state index in [1.165, 1.54) is 30.3 Å². The minimum Gasteiger partial charge on any atom is -0.486 e. The second kappa shape index (κ2) is 9.18. The van der Waals surface area contributed by atoms with Crippen molar-refractivity contribution in [2.24, 2.45) is 0 Å². The number of oxazole rings is 1.